The predicted molar refractivity (Wildman–Crippen MR) is 101 cm³/mol. The molecule has 6 nitrogen and oxygen atoms in total. The summed E-state index contributed by atoms with van der Waals surface area (Å²) in [6, 6.07) is 7.82. The number of carboxylic acids is 1. The van der Waals surface area contributed by atoms with E-state index in [1.54, 1.807) is 17.4 Å². The highest BCUT2D eigenvalue weighted by Gasteiger charge is 2.16. The Balaban J connectivity index is 2.06. The van der Waals surface area contributed by atoms with Crippen LogP contribution in [0.1, 0.15) is 45.4 Å². The summed E-state index contributed by atoms with van der Waals surface area (Å²) in [5.41, 5.74) is 6.34. The largest absolute Gasteiger partial charge is 0.478 e. The van der Waals surface area contributed by atoms with Gasteiger partial charge in [0.2, 0.25) is 0 Å². The third-order valence-corrected chi connectivity index (χ3v) is 4.76. The Labute approximate surface area is 152 Å². The highest BCUT2D eigenvalue weighted by Crippen LogP contribution is 2.24. The third kappa shape index (κ3) is 3.15. The quantitative estimate of drug-likeness (QED) is 0.633. The van der Waals surface area contributed by atoms with Crippen molar-refractivity contribution in [1.82, 2.24) is 9.38 Å². The summed E-state index contributed by atoms with van der Waals surface area (Å²) in [4.78, 5) is 16.0. The molecular formula is C20H23N3O3. The van der Waals surface area contributed by atoms with E-state index in [0.717, 1.165) is 6.42 Å². The van der Waals surface area contributed by atoms with Gasteiger partial charge < -0.3 is 15.5 Å². The van der Waals surface area contributed by atoms with E-state index < -0.39 is 5.97 Å². The molecule has 0 radical (unpaired) electrons. The van der Waals surface area contributed by atoms with E-state index in [-0.39, 0.29) is 12.2 Å². The van der Waals surface area contributed by atoms with Crippen LogP contribution in [0.3, 0.4) is 0 Å². The zero-order valence-electron chi connectivity index (χ0n) is 15.2. The summed E-state index contributed by atoms with van der Waals surface area (Å²) in [7, 11) is 0. The van der Waals surface area contributed by atoms with E-state index in [4.69, 9.17) is 0 Å². The summed E-state index contributed by atoms with van der Waals surface area (Å²) in [5.74, 6) is -1.02. The lowest BCUT2D eigenvalue weighted by molar-refractivity contribution is 0.0696. The van der Waals surface area contributed by atoms with Crippen LogP contribution >= 0.6 is 0 Å². The zero-order valence-corrected chi connectivity index (χ0v) is 15.2. The molecule has 136 valence electrons. The Morgan fingerprint density at radius 2 is 2.08 bits per heavy atom. The molecule has 3 rings (SSSR count). The number of aryl methyl sites for hydroxylation is 3. The van der Waals surface area contributed by atoms with Gasteiger partial charge in [-0.05, 0) is 43.0 Å². The number of anilines is 1. The van der Waals surface area contributed by atoms with E-state index in [0.29, 0.717) is 29.3 Å². The highest BCUT2D eigenvalue weighted by molar-refractivity contribution is 5.90. The van der Waals surface area contributed by atoms with Crippen LogP contribution in [0.5, 0.6) is 0 Å². The number of pyridine rings is 1. The Morgan fingerprint density at radius 3 is 2.73 bits per heavy atom. The fraction of sp³-hybridized carbons (Fsp3) is 0.300. The number of benzene rings is 1. The van der Waals surface area contributed by atoms with Gasteiger partial charge in [0.1, 0.15) is 0 Å². The van der Waals surface area contributed by atoms with Gasteiger partial charge in [0.25, 0.3) is 0 Å². The smallest absolute Gasteiger partial charge is 0.337 e. The zero-order chi connectivity index (χ0) is 18.8. The molecule has 0 amide bonds. The summed E-state index contributed by atoms with van der Waals surface area (Å²) in [6.45, 7) is 6.37. The molecule has 0 saturated heterocycles. The summed E-state index contributed by atoms with van der Waals surface area (Å²) in [5, 5.41) is 22.4. The molecular weight excluding hydrogens is 330 g/mol. The van der Waals surface area contributed by atoms with Gasteiger partial charge in [-0.2, -0.15) is 0 Å². The van der Waals surface area contributed by atoms with Crippen molar-refractivity contribution in [2.24, 2.45) is 0 Å². The lowest BCUT2D eigenvalue weighted by Crippen LogP contribution is -2.09. The van der Waals surface area contributed by atoms with Gasteiger partial charge in [-0.15, -0.1) is 0 Å². The molecule has 0 aliphatic carbocycles. The molecule has 0 aliphatic heterocycles. The van der Waals surface area contributed by atoms with Gasteiger partial charge in [-0.1, -0.05) is 25.1 Å². The van der Waals surface area contributed by atoms with E-state index in [2.05, 4.69) is 36.3 Å². The molecule has 0 unspecified atom stereocenters. The van der Waals surface area contributed by atoms with E-state index in [1.807, 2.05) is 6.07 Å². The highest BCUT2D eigenvalue weighted by atomic mass is 16.4. The van der Waals surface area contributed by atoms with E-state index >= 15 is 0 Å². The van der Waals surface area contributed by atoms with Gasteiger partial charge >= 0.3 is 5.97 Å². The number of aliphatic hydroxyl groups is 1. The number of rotatable bonds is 6. The predicted octanol–water partition coefficient (Wildman–Crippen LogP) is 3.32. The lowest BCUT2D eigenvalue weighted by Gasteiger charge is -2.14. The van der Waals surface area contributed by atoms with Gasteiger partial charge in [0, 0.05) is 12.7 Å². The van der Waals surface area contributed by atoms with Crippen LogP contribution in [0.25, 0.3) is 5.65 Å². The number of hydrogen-bond donors (Lipinski definition) is 3. The van der Waals surface area contributed by atoms with Gasteiger partial charge in [-0.3, -0.25) is 4.40 Å². The standard InChI is InChI=1S/C20H23N3O3/c1-4-14-7-5-6-12(2)16(14)9-21-17-8-15(20(25)26)10-23-18(11-24)13(3)22-19(17)23/h5-8,10,21,24H,4,9,11H2,1-3H3,(H,25,26). The van der Waals surface area contributed by atoms with Crippen molar-refractivity contribution >= 4 is 17.3 Å². The summed E-state index contributed by atoms with van der Waals surface area (Å²) >= 11 is 0. The van der Waals surface area contributed by atoms with Gasteiger partial charge in [-0.25, -0.2) is 9.78 Å². The van der Waals surface area contributed by atoms with Crippen molar-refractivity contribution in [2.75, 3.05) is 5.32 Å². The molecule has 6 heteroatoms. The molecule has 3 aromatic rings. The van der Waals surface area contributed by atoms with Crippen LogP contribution in [0.4, 0.5) is 5.69 Å². The third-order valence-electron chi connectivity index (χ3n) is 4.76. The monoisotopic (exact) mass is 353 g/mol. The Kier molecular flexibility index (Phi) is 4.95. The number of hydrogen-bond acceptors (Lipinski definition) is 4. The molecule has 0 bridgehead atoms. The van der Waals surface area contributed by atoms with Crippen LogP contribution in [0, 0.1) is 13.8 Å². The maximum absolute atomic E-state index is 11.5. The van der Waals surface area contributed by atoms with Crippen molar-refractivity contribution < 1.29 is 15.0 Å². The SMILES string of the molecule is CCc1cccc(C)c1CNc1cc(C(=O)O)cn2c(CO)c(C)nc12. The number of aromatic nitrogens is 2. The van der Waals surface area contributed by atoms with Crippen molar-refractivity contribution in [2.45, 2.75) is 40.3 Å². The minimum atomic E-state index is -1.02. The topological polar surface area (TPSA) is 86.9 Å². The van der Waals surface area contributed by atoms with E-state index in [9.17, 15) is 15.0 Å². The number of fused-ring (bicyclic) bond motifs is 1. The summed E-state index contributed by atoms with van der Waals surface area (Å²) < 4.78 is 1.65. The molecule has 1 aromatic carbocycles. The number of carboxylic acid groups (broad SMARTS) is 1. The van der Waals surface area contributed by atoms with Gasteiger partial charge in [0.05, 0.1) is 29.2 Å². The number of aromatic carboxylic acids is 1. The number of nitrogens with one attached hydrogen (secondary N) is 1. The van der Waals surface area contributed by atoms with Crippen LogP contribution in [-0.4, -0.2) is 25.6 Å². The second-order valence-corrected chi connectivity index (χ2v) is 6.36. The molecule has 26 heavy (non-hydrogen) atoms. The first kappa shape index (κ1) is 17.9. The first-order chi connectivity index (χ1) is 12.5. The summed E-state index contributed by atoms with van der Waals surface area (Å²) in [6.07, 6.45) is 2.43. The Bertz CT molecular complexity index is 976. The molecule has 0 aliphatic rings. The fourth-order valence-corrected chi connectivity index (χ4v) is 3.27. The van der Waals surface area contributed by atoms with Crippen LogP contribution in [0.15, 0.2) is 30.5 Å². The Hall–Kier alpha value is -2.86. The molecule has 0 spiro atoms. The minimum Gasteiger partial charge on any atom is -0.478 e. The maximum atomic E-state index is 11.5. The molecule has 0 saturated carbocycles. The van der Waals surface area contributed by atoms with Crippen molar-refractivity contribution in [3.05, 3.63) is 64.1 Å². The average Bonchev–Trinajstić information content (AvgIpc) is 2.95. The normalized spacial score (nSPS) is 11.1. The molecule has 3 N–H and O–H groups in total. The van der Waals surface area contributed by atoms with Crippen molar-refractivity contribution in [1.29, 1.82) is 0 Å². The number of carbonyl (C=O) groups is 1. The van der Waals surface area contributed by atoms with Gasteiger partial charge in [0.15, 0.2) is 5.65 Å². The first-order valence-electron chi connectivity index (χ1n) is 8.63. The van der Waals surface area contributed by atoms with Crippen LogP contribution < -0.4 is 5.32 Å². The molecule has 0 fully saturated rings. The first-order valence-corrected chi connectivity index (χ1v) is 8.63. The molecule has 0 atom stereocenters. The number of aliphatic hydroxyl groups excluding tert-OH is 1. The number of nitrogens with zero attached hydrogens (tertiary/aromatic N) is 2. The lowest BCUT2D eigenvalue weighted by atomic mass is 10.00. The molecule has 2 heterocycles. The maximum Gasteiger partial charge on any atom is 0.337 e. The van der Waals surface area contributed by atoms with E-state index in [1.165, 1.54) is 22.9 Å². The second kappa shape index (κ2) is 7.17. The average molecular weight is 353 g/mol. The van der Waals surface area contributed by atoms with Crippen molar-refractivity contribution in [3.8, 4) is 0 Å². The fourth-order valence-electron chi connectivity index (χ4n) is 3.27. The van der Waals surface area contributed by atoms with Crippen molar-refractivity contribution in [3.63, 3.8) is 0 Å². The van der Waals surface area contributed by atoms with Crippen LogP contribution in [0.2, 0.25) is 0 Å². The molecule has 2 aromatic heterocycles. The Morgan fingerprint density at radius 1 is 1.31 bits per heavy atom. The second-order valence-electron chi connectivity index (χ2n) is 6.36. The van der Waals surface area contributed by atoms with Crippen LogP contribution in [-0.2, 0) is 19.6 Å². The minimum absolute atomic E-state index is 0.146. The number of imidazole rings is 1.